The Labute approximate surface area is 130 Å². The summed E-state index contributed by atoms with van der Waals surface area (Å²) in [6, 6.07) is 13.4. The summed E-state index contributed by atoms with van der Waals surface area (Å²) in [7, 11) is 1.61. The van der Waals surface area contributed by atoms with E-state index in [-0.39, 0.29) is 12.7 Å². The van der Waals surface area contributed by atoms with Crippen LogP contribution in [-0.4, -0.2) is 36.2 Å². The molecular formula is C17H20N2O3. The standard InChI is InChI=1S/C17H20N2O3/c1-21-11-10-19(13-16-8-5-9-18-12-16)17(20)22-14-15-6-3-2-4-7-15/h2-9,12H,10-11,13-14H2,1H3. The average molecular weight is 300 g/mol. The number of methoxy groups -OCH3 is 1. The molecule has 1 aromatic heterocycles. The van der Waals surface area contributed by atoms with Crippen molar-refractivity contribution >= 4 is 6.09 Å². The number of nitrogens with zero attached hydrogens (tertiary/aromatic N) is 2. The highest BCUT2D eigenvalue weighted by atomic mass is 16.6. The first kappa shape index (κ1) is 16.0. The van der Waals surface area contributed by atoms with Gasteiger partial charge in [-0.2, -0.15) is 0 Å². The number of pyridine rings is 1. The van der Waals surface area contributed by atoms with E-state index in [0.717, 1.165) is 11.1 Å². The summed E-state index contributed by atoms with van der Waals surface area (Å²) in [6.45, 7) is 1.64. The number of carbonyl (C=O) groups excluding carboxylic acids is 1. The second-order valence-corrected chi connectivity index (χ2v) is 4.82. The fourth-order valence-corrected chi connectivity index (χ4v) is 1.96. The lowest BCUT2D eigenvalue weighted by Crippen LogP contribution is -2.33. The number of benzene rings is 1. The maximum Gasteiger partial charge on any atom is 0.410 e. The normalized spacial score (nSPS) is 10.2. The maximum atomic E-state index is 12.3. The molecule has 0 saturated heterocycles. The Bertz CT molecular complexity index is 561. The molecule has 0 aliphatic heterocycles. The van der Waals surface area contributed by atoms with Crippen LogP contribution in [0.2, 0.25) is 0 Å². The molecule has 116 valence electrons. The Hall–Kier alpha value is -2.40. The second kappa shape index (κ2) is 8.79. The van der Waals surface area contributed by atoms with E-state index in [1.54, 1.807) is 24.4 Å². The number of aromatic nitrogens is 1. The summed E-state index contributed by atoms with van der Waals surface area (Å²) in [4.78, 5) is 17.9. The van der Waals surface area contributed by atoms with Crippen LogP contribution in [0, 0.1) is 0 Å². The summed E-state index contributed by atoms with van der Waals surface area (Å²) in [6.07, 6.45) is 3.09. The van der Waals surface area contributed by atoms with E-state index in [2.05, 4.69) is 4.98 Å². The number of rotatable bonds is 7. The molecule has 1 amide bonds. The Kier molecular flexibility index (Phi) is 6.39. The minimum Gasteiger partial charge on any atom is -0.445 e. The first-order valence-electron chi connectivity index (χ1n) is 7.13. The number of hydrogen-bond acceptors (Lipinski definition) is 4. The Morgan fingerprint density at radius 2 is 1.91 bits per heavy atom. The van der Waals surface area contributed by atoms with Gasteiger partial charge in [-0.25, -0.2) is 4.79 Å². The summed E-state index contributed by atoms with van der Waals surface area (Å²) in [5.41, 5.74) is 1.92. The molecule has 0 fully saturated rings. The molecule has 0 aliphatic rings. The van der Waals surface area contributed by atoms with Crippen LogP contribution in [-0.2, 0) is 22.6 Å². The fourth-order valence-electron chi connectivity index (χ4n) is 1.96. The van der Waals surface area contributed by atoms with Crippen molar-refractivity contribution in [2.75, 3.05) is 20.3 Å². The lowest BCUT2D eigenvalue weighted by molar-refractivity contribution is 0.0796. The Morgan fingerprint density at radius 3 is 2.59 bits per heavy atom. The van der Waals surface area contributed by atoms with Crippen molar-refractivity contribution in [3.8, 4) is 0 Å². The van der Waals surface area contributed by atoms with Gasteiger partial charge in [0.1, 0.15) is 6.61 Å². The molecule has 0 spiro atoms. The number of ether oxygens (including phenoxy) is 2. The van der Waals surface area contributed by atoms with E-state index >= 15 is 0 Å². The number of amides is 1. The average Bonchev–Trinajstić information content (AvgIpc) is 2.58. The van der Waals surface area contributed by atoms with Crippen molar-refractivity contribution in [2.24, 2.45) is 0 Å². The Balaban J connectivity index is 1.93. The zero-order chi connectivity index (χ0) is 15.6. The SMILES string of the molecule is COCCN(Cc1cccnc1)C(=O)OCc1ccccc1. The van der Waals surface area contributed by atoms with Crippen LogP contribution in [0.4, 0.5) is 4.79 Å². The van der Waals surface area contributed by atoms with Crippen LogP contribution in [0.1, 0.15) is 11.1 Å². The minimum absolute atomic E-state index is 0.260. The molecule has 0 N–H and O–H groups in total. The largest absolute Gasteiger partial charge is 0.445 e. The minimum atomic E-state index is -0.357. The highest BCUT2D eigenvalue weighted by molar-refractivity contribution is 5.67. The molecule has 5 nitrogen and oxygen atoms in total. The highest BCUT2D eigenvalue weighted by Crippen LogP contribution is 2.07. The van der Waals surface area contributed by atoms with E-state index < -0.39 is 0 Å². The van der Waals surface area contributed by atoms with Crippen molar-refractivity contribution in [3.05, 3.63) is 66.0 Å². The van der Waals surface area contributed by atoms with Gasteiger partial charge in [0.05, 0.1) is 13.2 Å². The van der Waals surface area contributed by atoms with E-state index in [9.17, 15) is 4.79 Å². The van der Waals surface area contributed by atoms with Crippen molar-refractivity contribution in [2.45, 2.75) is 13.2 Å². The fraction of sp³-hybridized carbons (Fsp3) is 0.294. The molecule has 5 heteroatoms. The van der Waals surface area contributed by atoms with Gasteiger partial charge in [0.2, 0.25) is 0 Å². The third kappa shape index (κ3) is 5.18. The maximum absolute atomic E-state index is 12.3. The van der Waals surface area contributed by atoms with Crippen LogP contribution >= 0.6 is 0 Å². The summed E-state index contributed by atoms with van der Waals surface area (Å²) in [5.74, 6) is 0. The third-order valence-electron chi connectivity index (χ3n) is 3.12. The van der Waals surface area contributed by atoms with Gasteiger partial charge in [-0.3, -0.25) is 4.98 Å². The van der Waals surface area contributed by atoms with E-state index in [4.69, 9.17) is 9.47 Å². The van der Waals surface area contributed by atoms with E-state index in [1.807, 2.05) is 42.5 Å². The van der Waals surface area contributed by atoms with Gasteiger partial charge in [0, 0.05) is 26.0 Å². The second-order valence-electron chi connectivity index (χ2n) is 4.82. The quantitative estimate of drug-likeness (QED) is 0.789. The van der Waals surface area contributed by atoms with Crippen LogP contribution in [0.3, 0.4) is 0 Å². The van der Waals surface area contributed by atoms with E-state index in [0.29, 0.717) is 19.7 Å². The van der Waals surface area contributed by atoms with Crippen LogP contribution < -0.4 is 0 Å². The summed E-state index contributed by atoms with van der Waals surface area (Å²) in [5, 5.41) is 0. The zero-order valence-corrected chi connectivity index (χ0v) is 12.6. The highest BCUT2D eigenvalue weighted by Gasteiger charge is 2.15. The molecule has 2 rings (SSSR count). The molecule has 1 heterocycles. The predicted molar refractivity (Wildman–Crippen MR) is 83.2 cm³/mol. The summed E-state index contributed by atoms with van der Waals surface area (Å²) < 4.78 is 10.4. The molecule has 0 atom stereocenters. The molecule has 0 bridgehead atoms. The number of carbonyl (C=O) groups is 1. The summed E-state index contributed by atoms with van der Waals surface area (Å²) >= 11 is 0. The zero-order valence-electron chi connectivity index (χ0n) is 12.6. The van der Waals surface area contributed by atoms with Crippen LogP contribution in [0.5, 0.6) is 0 Å². The molecule has 0 saturated carbocycles. The van der Waals surface area contributed by atoms with Crippen molar-refractivity contribution in [1.82, 2.24) is 9.88 Å². The Morgan fingerprint density at radius 1 is 1.14 bits per heavy atom. The molecule has 0 unspecified atom stereocenters. The number of hydrogen-bond donors (Lipinski definition) is 0. The lowest BCUT2D eigenvalue weighted by atomic mass is 10.2. The smallest absolute Gasteiger partial charge is 0.410 e. The van der Waals surface area contributed by atoms with Gasteiger partial charge in [-0.15, -0.1) is 0 Å². The molecule has 0 aliphatic carbocycles. The lowest BCUT2D eigenvalue weighted by Gasteiger charge is -2.21. The van der Waals surface area contributed by atoms with Gasteiger partial charge in [0.25, 0.3) is 0 Å². The van der Waals surface area contributed by atoms with Crippen molar-refractivity contribution in [3.63, 3.8) is 0 Å². The monoisotopic (exact) mass is 300 g/mol. The molecule has 1 aromatic carbocycles. The van der Waals surface area contributed by atoms with Gasteiger partial charge in [-0.1, -0.05) is 36.4 Å². The van der Waals surface area contributed by atoms with Crippen molar-refractivity contribution < 1.29 is 14.3 Å². The van der Waals surface area contributed by atoms with Gasteiger partial charge >= 0.3 is 6.09 Å². The first-order chi connectivity index (χ1) is 10.8. The van der Waals surface area contributed by atoms with Gasteiger partial charge in [-0.05, 0) is 17.2 Å². The third-order valence-corrected chi connectivity index (χ3v) is 3.12. The first-order valence-corrected chi connectivity index (χ1v) is 7.13. The topological polar surface area (TPSA) is 51.7 Å². The van der Waals surface area contributed by atoms with Gasteiger partial charge < -0.3 is 14.4 Å². The van der Waals surface area contributed by atoms with Gasteiger partial charge in [0.15, 0.2) is 0 Å². The van der Waals surface area contributed by atoms with Crippen LogP contribution in [0.15, 0.2) is 54.9 Å². The molecule has 2 aromatic rings. The molecular weight excluding hydrogens is 280 g/mol. The predicted octanol–water partition coefficient (Wildman–Crippen LogP) is 2.87. The van der Waals surface area contributed by atoms with E-state index in [1.165, 1.54) is 0 Å². The van der Waals surface area contributed by atoms with Crippen molar-refractivity contribution in [1.29, 1.82) is 0 Å². The van der Waals surface area contributed by atoms with Crippen LogP contribution in [0.25, 0.3) is 0 Å². The molecule has 0 radical (unpaired) electrons. The molecule has 22 heavy (non-hydrogen) atoms.